The Kier molecular flexibility index (Phi) is 8.25. The molecule has 0 aromatic heterocycles. The number of nitrogens with one attached hydrogen (secondary N) is 2. The lowest BCUT2D eigenvalue weighted by Crippen LogP contribution is -2.36. The van der Waals surface area contributed by atoms with Gasteiger partial charge in [0.25, 0.3) is 17.5 Å². The number of aryl methyl sites for hydroxylation is 1. The molecule has 2 aromatic carbocycles. The number of non-ortho nitro benzene ring substituents is 1. The molecular formula is C22H26N4O4. The van der Waals surface area contributed by atoms with Gasteiger partial charge in [0.1, 0.15) is 5.70 Å². The number of amides is 2. The summed E-state index contributed by atoms with van der Waals surface area (Å²) in [6.07, 6.45) is 2.26. The quantitative estimate of drug-likeness (QED) is 0.286. The average molecular weight is 410 g/mol. The van der Waals surface area contributed by atoms with E-state index in [9.17, 15) is 19.7 Å². The highest BCUT2D eigenvalue weighted by molar-refractivity contribution is 6.05. The van der Waals surface area contributed by atoms with Crippen LogP contribution in [0.5, 0.6) is 0 Å². The Hall–Kier alpha value is -3.52. The second-order valence-corrected chi connectivity index (χ2v) is 7.14. The molecular weight excluding hydrogens is 384 g/mol. The molecule has 2 amide bonds. The first-order valence-corrected chi connectivity index (χ1v) is 9.53. The number of carbonyl (C=O) groups is 2. The Morgan fingerprint density at radius 1 is 1.07 bits per heavy atom. The fraction of sp³-hybridized carbons (Fsp3) is 0.273. The maximum Gasteiger partial charge on any atom is 0.269 e. The largest absolute Gasteiger partial charge is 0.351 e. The third-order valence-electron chi connectivity index (χ3n) is 4.29. The lowest BCUT2D eigenvalue weighted by Gasteiger charge is -2.13. The lowest BCUT2D eigenvalue weighted by molar-refractivity contribution is -0.384. The fourth-order valence-electron chi connectivity index (χ4n) is 2.61. The number of carbonyl (C=O) groups excluding carboxylic acids is 2. The SMILES string of the molecule is Cc1ccc(C(=O)NC(=Cc2ccc([N+](=O)[O-])cc2)C(=O)NCCCN(C)C)cc1. The normalized spacial score (nSPS) is 11.3. The Balaban J connectivity index is 2.19. The summed E-state index contributed by atoms with van der Waals surface area (Å²) in [5.74, 6) is -0.834. The third-order valence-corrected chi connectivity index (χ3v) is 4.29. The minimum Gasteiger partial charge on any atom is -0.351 e. The van der Waals surface area contributed by atoms with Crippen molar-refractivity contribution in [1.29, 1.82) is 0 Å². The van der Waals surface area contributed by atoms with Gasteiger partial charge in [-0.3, -0.25) is 19.7 Å². The summed E-state index contributed by atoms with van der Waals surface area (Å²) in [4.78, 5) is 37.6. The molecule has 0 heterocycles. The van der Waals surface area contributed by atoms with Crippen LogP contribution in [0, 0.1) is 17.0 Å². The van der Waals surface area contributed by atoms with Gasteiger partial charge in [-0.2, -0.15) is 0 Å². The molecule has 8 heteroatoms. The van der Waals surface area contributed by atoms with Crippen LogP contribution in [0.15, 0.2) is 54.2 Å². The predicted octanol–water partition coefficient (Wildman–Crippen LogP) is 2.74. The van der Waals surface area contributed by atoms with Crippen LogP contribution in [0.2, 0.25) is 0 Å². The highest BCUT2D eigenvalue weighted by Gasteiger charge is 2.15. The summed E-state index contributed by atoms with van der Waals surface area (Å²) in [6.45, 7) is 3.19. The Labute approximate surface area is 175 Å². The molecule has 0 spiro atoms. The van der Waals surface area contributed by atoms with Crippen molar-refractivity contribution in [2.75, 3.05) is 27.2 Å². The molecule has 0 unspecified atom stereocenters. The number of benzene rings is 2. The summed E-state index contributed by atoms with van der Waals surface area (Å²) >= 11 is 0. The molecule has 8 nitrogen and oxygen atoms in total. The van der Waals surface area contributed by atoms with Gasteiger partial charge < -0.3 is 15.5 Å². The van der Waals surface area contributed by atoms with Crippen molar-refractivity contribution >= 4 is 23.6 Å². The van der Waals surface area contributed by atoms with E-state index in [4.69, 9.17) is 0 Å². The summed E-state index contributed by atoms with van der Waals surface area (Å²) in [5.41, 5.74) is 2.02. The molecule has 2 N–H and O–H groups in total. The van der Waals surface area contributed by atoms with Crippen molar-refractivity contribution in [3.63, 3.8) is 0 Å². The molecule has 2 aromatic rings. The van der Waals surface area contributed by atoms with Crippen LogP contribution in [0.4, 0.5) is 5.69 Å². The topological polar surface area (TPSA) is 105 Å². The van der Waals surface area contributed by atoms with E-state index in [2.05, 4.69) is 10.6 Å². The van der Waals surface area contributed by atoms with Crippen molar-refractivity contribution in [1.82, 2.24) is 15.5 Å². The fourth-order valence-corrected chi connectivity index (χ4v) is 2.61. The minimum absolute atomic E-state index is 0.0504. The maximum absolute atomic E-state index is 12.7. The molecule has 0 aliphatic heterocycles. The van der Waals surface area contributed by atoms with Crippen molar-refractivity contribution in [3.8, 4) is 0 Å². The number of hydrogen-bond donors (Lipinski definition) is 2. The molecule has 158 valence electrons. The van der Waals surface area contributed by atoms with E-state index in [-0.39, 0.29) is 11.4 Å². The number of nitro benzene ring substituents is 1. The summed E-state index contributed by atoms with van der Waals surface area (Å²) in [6, 6.07) is 12.7. The van der Waals surface area contributed by atoms with E-state index in [0.29, 0.717) is 17.7 Å². The predicted molar refractivity (Wildman–Crippen MR) is 116 cm³/mol. The van der Waals surface area contributed by atoms with Crippen LogP contribution in [0.1, 0.15) is 27.9 Å². The summed E-state index contributed by atoms with van der Waals surface area (Å²) < 4.78 is 0. The Bertz CT molecular complexity index is 919. The highest BCUT2D eigenvalue weighted by Crippen LogP contribution is 2.14. The first-order chi connectivity index (χ1) is 14.3. The first kappa shape index (κ1) is 22.8. The lowest BCUT2D eigenvalue weighted by atomic mass is 10.1. The van der Waals surface area contributed by atoms with Crippen LogP contribution < -0.4 is 10.6 Å². The monoisotopic (exact) mass is 410 g/mol. The van der Waals surface area contributed by atoms with Crippen molar-refractivity contribution in [3.05, 3.63) is 81.0 Å². The first-order valence-electron chi connectivity index (χ1n) is 9.53. The van der Waals surface area contributed by atoms with Crippen LogP contribution in [-0.4, -0.2) is 48.8 Å². The van der Waals surface area contributed by atoms with Crippen molar-refractivity contribution in [2.45, 2.75) is 13.3 Å². The van der Waals surface area contributed by atoms with Crippen LogP contribution in [0.3, 0.4) is 0 Å². The van der Waals surface area contributed by atoms with E-state index in [1.165, 1.54) is 30.3 Å². The minimum atomic E-state index is -0.495. The van der Waals surface area contributed by atoms with Crippen molar-refractivity contribution < 1.29 is 14.5 Å². The van der Waals surface area contributed by atoms with Gasteiger partial charge in [0, 0.05) is 24.2 Å². The van der Waals surface area contributed by atoms with Gasteiger partial charge >= 0.3 is 0 Å². The maximum atomic E-state index is 12.7. The summed E-state index contributed by atoms with van der Waals surface area (Å²) in [5, 5.41) is 16.3. The van der Waals surface area contributed by atoms with E-state index < -0.39 is 16.7 Å². The molecule has 2 rings (SSSR count). The second-order valence-electron chi connectivity index (χ2n) is 7.14. The number of hydrogen-bond acceptors (Lipinski definition) is 5. The number of nitro groups is 1. The van der Waals surface area contributed by atoms with E-state index >= 15 is 0 Å². The molecule has 30 heavy (non-hydrogen) atoms. The van der Waals surface area contributed by atoms with Gasteiger partial charge in [0.15, 0.2) is 0 Å². The second kappa shape index (κ2) is 10.9. The zero-order valence-corrected chi connectivity index (χ0v) is 17.3. The third kappa shape index (κ3) is 7.14. The van der Waals surface area contributed by atoms with E-state index in [0.717, 1.165) is 18.5 Å². The molecule has 0 saturated heterocycles. The van der Waals surface area contributed by atoms with Gasteiger partial charge in [0.2, 0.25) is 0 Å². The van der Waals surface area contributed by atoms with Gasteiger partial charge in [-0.05, 0) is 69.9 Å². The van der Waals surface area contributed by atoms with Crippen LogP contribution >= 0.6 is 0 Å². The van der Waals surface area contributed by atoms with Crippen molar-refractivity contribution in [2.24, 2.45) is 0 Å². The van der Waals surface area contributed by atoms with Crippen LogP contribution in [-0.2, 0) is 4.79 Å². The molecule has 0 fully saturated rings. The molecule has 0 aliphatic carbocycles. The smallest absolute Gasteiger partial charge is 0.269 e. The summed E-state index contributed by atoms with van der Waals surface area (Å²) in [7, 11) is 3.90. The molecule has 0 atom stereocenters. The number of rotatable bonds is 9. The van der Waals surface area contributed by atoms with Crippen LogP contribution in [0.25, 0.3) is 6.08 Å². The molecule has 0 bridgehead atoms. The van der Waals surface area contributed by atoms with E-state index in [1.54, 1.807) is 12.1 Å². The van der Waals surface area contributed by atoms with Gasteiger partial charge in [-0.15, -0.1) is 0 Å². The molecule has 0 radical (unpaired) electrons. The van der Waals surface area contributed by atoms with E-state index in [1.807, 2.05) is 38.1 Å². The van der Waals surface area contributed by atoms with Gasteiger partial charge in [-0.25, -0.2) is 0 Å². The Morgan fingerprint density at radius 3 is 2.27 bits per heavy atom. The van der Waals surface area contributed by atoms with Gasteiger partial charge in [-0.1, -0.05) is 17.7 Å². The van der Waals surface area contributed by atoms with Gasteiger partial charge in [0.05, 0.1) is 4.92 Å². The molecule has 0 saturated carbocycles. The average Bonchev–Trinajstić information content (AvgIpc) is 2.71. The highest BCUT2D eigenvalue weighted by atomic mass is 16.6. The Morgan fingerprint density at radius 2 is 1.70 bits per heavy atom. The zero-order chi connectivity index (χ0) is 22.1. The zero-order valence-electron chi connectivity index (χ0n) is 17.3. The number of nitrogens with zero attached hydrogens (tertiary/aromatic N) is 2. The molecule has 0 aliphatic rings. The standard InChI is InChI=1S/C22H26N4O4/c1-16-5-9-18(10-6-16)21(27)24-20(22(28)23-13-4-14-25(2)3)15-17-7-11-19(12-8-17)26(29)30/h5-12,15H,4,13-14H2,1-3H3,(H,23,28)(H,24,27).